The predicted molar refractivity (Wildman–Crippen MR) is 506 cm³/mol. The minimum Gasteiger partial charge on any atom is -0.508 e. The van der Waals surface area contributed by atoms with E-state index in [0.717, 1.165) is 5.56 Å². The van der Waals surface area contributed by atoms with Gasteiger partial charge < -0.3 is 135 Å². The van der Waals surface area contributed by atoms with Crippen molar-refractivity contribution >= 4 is 106 Å². The maximum Gasteiger partial charge on any atom is 0.340 e. The summed E-state index contributed by atoms with van der Waals surface area (Å²) in [7, 11) is 4.36. The smallest absolute Gasteiger partial charge is 0.340 e. The van der Waals surface area contributed by atoms with E-state index in [1.165, 1.54) is 119 Å². The molecule has 0 radical (unpaired) electrons. The number of amides is 12. The van der Waals surface area contributed by atoms with Crippen molar-refractivity contribution in [3.8, 4) is 62.9 Å². The number of urea groups is 1. The molecule has 41 heteroatoms. The number of guanidine groups is 1. The standard InChI is InChI=1S/C96H111N17O23S/c1-50(2)40-72(88(126)112-73(41-53-16-23-57(116)24-17-53)89(127)108-68-35-29-61-62(47-76(68)120)67(104-51(3)115)34-21-55-43-79(132-4)83(133-5)84(134-6)82(55)61)110-90(128)74(42-54-18-25-58(117)26-19-54)111-87(125)71(33-20-52-12-8-7-9-13-52)107-81(122)48-103-85(123)69(14-11-38-101-94(99)131)109-91(129)75(49-114)113-86(124)70(15-10-37-100-93(97)98)106-80(121)36-39-102-95(137)105-56-22-30-64-63(44-56)92(130)136-96(64)65-31-27-59(118)45-77(65)135-78-46-60(119)28-32-66(78)96/h7-9,12-13,16-19,22-32,35,43-47,50,67,69-75,114,116-119H,10-11,14-15,20-21,33-34,36-42,48-49H2,1-6H3,(H,103,123)(H,104,115)(H,106,121)(H,107,122)(H,109,129)(H,110,128)(H,111,125)(H,112,126)(H,113,124)(H4,97,98,100)(H3,99,101,131)(H2,102,105,137)(H,108,120,127)/t67-,69-,70-,71-,72-,73-,74-,75-/m0/s1. The fraction of sp³-hybridized carbons (Fsp3) is 0.344. The number of esters is 1. The van der Waals surface area contributed by atoms with Gasteiger partial charge in [0.2, 0.25) is 70.3 Å². The van der Waals surface area contributed by atoms with Crippen molar-refractivity contribution in [2.24, 2.45) is 17.4 Å². The van der Waals surface area contributed by atoms with E-state index in [-0.39, 0.29) is 164 Å². The third-order valence-electron chi connectivity index (χ3n) is 22.9. The van der Waals surface area contributed by atoms with E-state index in [1.807, 2.05) is 0 Å². The van der Waals surface area contributed by atoms with Crippen LogP contribution in [-0.2, 0) is 84.0 Å². The quantitative estimate of drug-likeness (QED) is 0.00845. The highest BCUT2D eigenvalue weighted by Crippen LogP contribution is 2.58. The summed E-state index contributed by atoms with van der Waals surface area (Å²) in [6.45, 7) is 2.74. The highest BCUT2D eigenvalue weighted by molar-refractivity contribution is 7.80. The summed E-state index contributed by atoms with van der Waals surface area (Å²) < 4.78 is 29.6. The van der Waals surface area contributed by atoms with Crippen molar-refractivity contribution in [3.63, 3.8) is 0 Å². The number of nitrogens with two attached hydrogens (primary N) is 2. The van der Waals surface area contributed by atoms with Crippen LogP contribution in [0.1, 0.15) is 133 Å². The van der Waals surface area contributed by atoms with Crippen LogP contribution in [0, 0.1) is 11.3 Å². The Bertz CT molecular complexity index is 5860. The molecule has 0 fully saturated rings. The van der Waals surface area contributed by atoms with Gasteiger partial charge in [-0.1, -0.05) is 80.6 Å². The summed E-state index contributed by atoms with van der Waals surface area (Å²) in [5.41, 5.74) is 13.8. The van der Waals surface area contributed by atoms with Crippen LogP contribution in [0.15, 0.2) is 163 Å². The number of fused-ring (bicyclic) bond motifs is 9. The Morgan fingerprint density at radius 1 is 0.526 bits per heavy atom. The number of rotatable bonds is 43. The van der Waals surface area contributed by atoms with Gasteiger partial charge in [-0.25, -0.2) is 9.59 Å². The van der Waals surface area contributed by atoms with E-state index in [9.17, 15) is 73.5 Å². The minimum absolute atomic E-state index is 0.0110. The summed E-state index contributed by atoms with van der Waals surface area (Å²) in [4.78, 5) is 184. The normalized spacial score (nSPS) is 14.3. The number of ether oxygens (including phenoxy) is 5. The second-order valence-corrected chi connectivity index (χ2v) is 33.7. The molecule has 1 aliphatic carbocycles. The largest absolute Gasteiger partial charge is 0.508 e. The number of hydrogen-bond donors (Lipinski definition) is 22. The van der Waals surface area contributed by atoms with Gasteiger partial charge in [-0.15, -0.1) is 0 Å². The van der Waals surface area contributed by atoms with E-state index < -0.39 is 138 Å². The topological polar surface area (TPSA) is 614 Å². The molecule has 11 rings (SSSR count). The molecule has 40 nitrogen and oxygen atoms in total. The lowest BCUT2D eigenvalue weighted by Gasteiger charge is -2.36. The fourth-order valence-electron chi connectivity index (χ4n) is 16.3. The van der Waals surface area contributed by atoms with Crippen molar-refractivity contribution < 1.29 is 107 Å². The lowest BCUT2D eigenvalue weighted by atomic mass is 9.77. The molecular weight excluding hydrogens is 1790 g/mol. The predicted octanol–water partition coefficient (Wildman–Crippen LogP) is 3.95. The number of aliphatic hydroxyl groups is 1. The van der Waals surface area contributed by atoms with E-state index in [0.29, 0.717) is 74.3 Å². The van der Waals surface area contributed by atoms with Crippen molar-refractivity contribution in [1.82, 2.24) is 63.8 Å². The van der Waals surface area contributed by atoms with Crippen LogP contribution in [0.25, 0.3) is 11.1 Å². The molecule has 0 unspecified atom stereocenters. The van der Waals surface area contributed by atoms with E-state index >= 15 is 14.4 Å². The number of carbonyl (C=O) groups is 12. The molecule has 24 N–H and O–H groups in total. The number of carbonyl (C=O) groups excluding carboxylic acids is 12. The van der Waals surface area contributed by atoms with Crippen LogP contribution in [0.3, 0.4) is 0 Å². The molecule has 3 aliphatic rings. The summed E-state index contributed by atoms with van der Waals surface area (Å²) in [6, 6.07) is 27.3. The Kier molecular flexibility index (Phi) is 35.0. The van der Waals surface area contributed by atoms with Gasteiger partial charge in [0.15, 0.2) is 28.2 Å². The monoisotopic (exact) mass is 1900 g/mol. The molecule has 2 aliphatic heterocycles. The number of nitrogens with one attached hydrogen (secondary N) is 15. The molecule has 0 saturated heterocycles. The van der Waals surface area contributed by atoms with Crippen molar-refractivity contribution in [2.45, 2.75) is 152 Å². The lowest BCUT2D eigenvalue weighted by molar-refractivity contribution is -0.135. The number of anilines is 2. The summed E-state index contributed by atoms with van der Waals surface area (Å²) in [5, 5.41) is 97.0. The number of phenols is 4. The van der Waals surface area contributed by atoms with Gasteiger partial charge in [-0.2, -0.15) is 0 Å². The lowest BCUT2D eigenvalue weighted by Crippen LogP contribution is -2.59. The van der Waals surface area contributed by atoms with Crippen molar-refractivity contribution in [3.05, 3.63) is 218 Å². The molecule has 0 bridgehead atoms. The zero-order valence-electron chi connectivity index (χ0n) is 75.9. The first-order valence-electron chi connectivity index (χ1n) is 44.1. The minimum atomic E-state index is -1.81. The average Bonchev–Trinajstić information content (AvgIpc) is 1.56. The van der Waals surface area contributed by atoms with Crippen molar-refractivity contribution in [2.75, 3.05) is 64.7 Å². The third-order valence-corrected chi connectivity index (χ3v) is 23.1. The molecule has 1 spiro atoms. The molecular formula is C96H111N17O23S. The fourth-order valence-corrected chi connectivity index (χ4v) is 16.5. The zero-order valence-corrected chi connectivity index (χ0v) is 76.7. The molecule has 724 valence electrons. The molecule has 0 saturated carbocycles. The van der Waals surface area contributed by atoms with E-state index in [4.69, 9.17) is 52.8 Å². The highest BCUT2D eigenvalue weighted by Gasteiger charge is 2.54. The Labute approximate surface area is 792 Å². The second kappa shape index (κ2) is 47.2. The molecule has 8 aromatic carbocycles. The maximum atomic E-state index is 15.2. The van der Waals surface area contributed by atoms with Crippen LogP contribution >= 0.6 is 12.2 Å². The Morgan fingerprint density at radius 3 is 1.65 bits per heavy atom. The molecule has 137 heavy (non-hydrogen) atoms. The highest BCUT2D eigenvalue weighted by atomic mass is 32.1. The first-order chi connectivity index (χ1) is 65.5. The van der Waals surface area contributed by atoms with Gasteiger partial charge in [0, 0.05) is 85.9 Å². The molecule has 8 atom stereocenters. The second-order valence-electron chi connectivity index (χ2n) is 33.3. The van der Waals surface area contributed by atoms with Gasteiger partial charge in [-0.05, 0) is 188 Å². The Balaban J connectivity index is 0.756. The van der Waals surface area contributed by atoms with Crippen LogP contribution < -0.4 is 110 Å². The Morgan fingerprint density at radius 2 is 1.07 bits per heavy atom. The van der Waals surface area contributed by atoms with Crippen molar-refractivity contribution in [1.29, 1.82) is 5.41 Å². The summed E-state index contributed by atoms with van der Waals surface area (Å²) in [5.74, 6) is -9.45. The van der Waals surface area contributed by atoms with E-state index in [2.05, 4.69) is 74.4 Å². The molecule has 2 heterocycles. The number of aromatic hydroxyl groups is 4. The first kappa shape index (κ1) is 102. The average molecular weight is 1900 g/mol. The number of aliphatic hydroxyl groups excluding tert-OH is 1. The number of phenolic OH excluding ortho intramolecular Hbond substituents is 4. The number of aryl methyl sites for hydroxylation is 2. The number of primary amides is 1. The number of thiocarbonyl (C=S) groups is 1. The number of benzene rings is 7. The summed E-state index contributed by atoms with van der Waals surface area (Å²) in [6.07, 6.45) is -0.462. The van der Waals surface area contributed by atoms with E-state index in [1.54, 1.807) is 80.6 Å². The van der Waals surface area contributed by atoms with Crippen LogP contribution in [0.5, 0.6) is 51.7 Å². The number of methoxy groups -OCH3 is 3. The van der Waals surface area contributed by atoms with Crippen LogP contribution in [0.4, 0.5) is 16.2 Å². The third kappa shape index (κ3) is 26.8. The van der Waals surface area contributed by atoms with Gasteiger partial charge >= 0.3 is 12.0 Å². The zero-order chi connectivity index (χ0) is 98.9. The van der Waals surface area contributed by atoms with Crippen LogP contribution in [0.2, 0.25) is 0 Å². The van der Waals surface area contributed by atoms with Gasteiger partial charge in [0.25, 0.3) is 0 Å². The molecule has 8 aromatic rings. The molecule has 12 amide bonds. The first-order valence-corrected chi connectivity index (χ1v) is 44.5. The van der Waals surface area contributed by atoms with Gasteiger partial charge in [-0.3, -0.25) is 58.1 Å². The van der Waals surface area contributed by atoms with Gasteiger partial charge in [0.05, 0.1) is 51.8 Å². The number of hydrogen-bond acceptors (Lipinski definition) is 25. The maximum absolute atomic E-state index is 15.2. The SMILES string of the molecule is COc1cc2c(c(OC)c1OC)-c1ccc(NC(=O)[C@H](Cc3ccc(O)cc3)NC(=O)[C@H](CC(C)C)NC(=O)[C@H](Cc3ccc(O)cc3)NC(=O)[C@H](CCc3ccccc3)NC(=O)CNC(=O)[C@H](CCCNC(N)=O)NC(=O)[C@H](CO)NC(=O)[C@H](CCCNC(=N)N)NC(=O)CCNC(=S)Nc3ccc4c(c3)C(=O)OC43c4ccc(O)cc4Oc4cc(O)ccc43)c(=O)cc1[C@@H](NC(C)=O)CC2. The Hall–Kier alpha value is -15.8. The van der Waals surface area contributed by atoms with Crippen LogP contribution in [-0.4, -0.2) is 204 Å². The summed E-state index contributed by atoms with van der Waals surface area (Å²) >= 11 is 5.56. The molecule has 0 aromatic heterocycles. The van der Waals surface area contributed by atoms with Gasteiger partial charge in [0.1, 0.15) is 76.8 Å².